The number of benzene rings is 1. The fourth-order valence-corrected chi connectivity index (χ4v) is 2.39. The lowest BCUT2D eigenvalue weighted by Crippen LogP contribution is -2.24. The summed E-state index contributed by atoms with van der Waals surface area (Å²) < 4.78 is 5.06. The number of nitrogens with one attached hydrogen (secondary N) is 1. The lowest BCUT2D eigenvalue weighted by molar-refractivity contribution is -0.115. The van der Waals surface area contributed by atoms with Crippen molar-refractivity contribution in [1.82, 2.24) is 0 Å². The Morgan fingerprint density at radius 1 is 1.50 bits per heavy atom. The molecule has 0 heterocycles. The summed E-state index contributed by atoms with van der Waals surface area (Å²) in [5.41, 5.74) is 6.91. The fraction of sp³-hybridized carbons (Fsp3) is 0.500. The molecule has 2 atom stereocenters. The molecule has 0 saturated heterocycles. The molecule has 0 aliphatic carbocycles. The lowest BCUT2D eigenvalue weighted by Gasteiger charge is -2.15. The van der Waals surface area contributed by atoms with Gasteiger partial charge in [-0.25, -0.2) is 0 Å². The van der Waals surface area contributed by atoms with Gasteiger partial charge in [0.05, 0.1) is 23.7 Å². The highest BCUT2D eigenvalue weighted by atomic mass is 32.2. The van der Waals surface area contributed by atoms with Gasteiger partial charge in [-0.3, -0.25) is 4.79 Å². The molecule has 1 amide bonds. The molecule has 0 radical (unpaired) electrons. The molecule has 6 heteroatoms. The Kier molecular flexibility index (Phi) is 6.67. The van der Waals surface area contributed by atoms with Crippen LogP contribution >= 0.6 is 11.8 Å². The minimum atomic E-state index is -0.203. The highest BCUT2D eigenvalue weighted by Crippen LogP contribution is 2.25. The normalized spacial score (nSPS) is 13.6. The van der Waals surface area contributed by atoms with E-state index in [0.717, 1.165) is 5.75 Å². The third-order valence-corrected chi connectivity index (χ3v) is 4.30. The molecule has 2 unspecified atom stereocenters. The van der Waals surface area contributed by atoms with Crippen molar-refractivity contribution in [2.45, 2.75) is 19.1 Å². The monoisotopic (exact) mass is 298 g/mol. The molecule has 1 aromatic rings. The highest BCUT2D eigenvalue weighted by molar-refractivity contribution is 8.00. The van der Waals surface area contributed by atoms with Crippen molar-refractivity contribution in [2.75, 3.05) is 30.5 Å². The van der Waals surface area contributed by atoms with Crippen LogP contribution < -0.4 is 15.8 Å². The number of ether oxygens (including phenoxy) is 1. The number of aliphatic hydroxyl groups excluding tert-OH is 1. The zero-order chi connectivity index (χ0) is 15.1. The van der Waals surface area contributed by atoms with E-state index in [0.29, 0.717) is 17.1 Å². The van der Waals surface area contributed by atoms with Gasteiger partial charge in [0.25, 0.3) is 0 Å². The quantitative estimate of drug-likeness (QED) is 0.670. The van der Waals surface area contributed by atoms with Gasteiger partial charge in [-0.15, -0.1) is 11.8 Å². The predicted molar refractivity (Wildman–Crippen MR) is 84.2 cm³/mol. The third-order valence-electron chi connectivity index (χ3n) is 2.83. The van der Waals surface area contributed by atoms with Gasteiger partial charge >= 0.3 is 0 Å². The zero-order valence-corrected chi connectivity index (χ0v) is 12.9. The smallest absolute Gasteiger partial charge is 0.237 e. The minimum absolute atomic E-state index is 0.1000. The maximum absolute atomic E-state index is 12.0. The van der Waals surface area contributed by atoms with E-state index >= 15 is 0 Å². The first-order valence-corrected chi connectivity index (χ1v) is 7.49. The van der Waals surface area contributed by atoms with E-state index in [1.165, 1.54) is 11.8 Å². The van der Waals surface area contributed by atoms with Gasteiger partial charge in [0, 0.05) is 12.7 Å². The van der Waals surface area contributed by atoms with E-state index in [-0.39, 0.29) is 23.7 Å². The van der Waals surface area contributed by atoms with Gasteiger partial charge in [-0.05, 0) is 30.7 Å². The van der Waals surface area contributed by atoms with Crippen LogP contribution in [-0.4, -0.2) is 35.7 Å². The molecule has 4 N–H and O–H groups in total. The van der Waals surface area contributed by atoms with Gasteiger partial charge in [0.15, 0.2) is 0 Å². The first kappa shape index (κ1) is 16.7. The second-order valence-corrected chi connectivity index (χ2v) is 6.08. The van der Waals surface area contributed by atoms with Crippen molar-refractivity contribution in [3.8, 4) is 5.75 Å². The molecule has 5 nitrogen and oxygen atoms in total. The molecule has 0 aromatic heterocycles. The number of anilines is 2. The molecule has 0 fully saturated rings. The van der Waals surface area contributed by atoms with Crippen molar-refractivity contribution in [3.05, 3.63) is 18.2 Å². The number of methoxy groups -OCH3 is 1. The van der Waals surface area contributed by atoms with Crippen molar-refractivity contribution < 1.29 is 14.6 Å². The summed E-state index contributed by atoms with van der Waals surface area (Å²) in [6.07, 6.45) is 0. The van der Waals surface area contributed by atoms with Gasteiger partial charge < -0.3 is 20.9 Å². The van der Waals surface area contributed by atoms with Crippen molar-refractivity contribution in [3.63, 3.8) is 0 Å². The molecular weight excluding hydrogens is 276 g/mol. The Bertz CT molecular complexity index is 454. The molecule has 1 aromatic carbocycles. The minimum Gasteiger partial charge on any atom is -0.497 e. The highest BCUT2D eigenvalue weighted by Gasteiger charge is 2.16. The molecule has 0 saturated carbocycles. The number of carbonyl (C=O) groups excluding carboxylic acids is 1. The Morgan fingerprint density at radius 3 is 2.75 bits per heavy atom. The maximum atomic E-state index is 12.0. The van der Waals surface area contributed by atoms with Crippen LogP contribution in [0.2, 0.25) is 0 Å². The van der Waals surface area contributed by atoms with Crippen molar-refractivity contribution in [1.29, 1.82) is 0 Å². The number of thioether (sulfide) groups is 1. The number of aliphatic hydroxyl groups is 1. The van der Waals surface area contributed by atoms with Crippen LogP contribution in [0.4, 0.5) is 11.4 Å². The molecular formula is C14H22N2O3S. The fourth-order valence-electron chi connectivity index (χ4n) is 1.45. The van der Waals surface area contributed by atoms with Gasteiger partial charge in [0.1, 0.15) is 5.75 Å². The topological polar surface area (TPSA) is 84.6 Å². The summed E-state index contributed by atoms with van der Waals surface area (Å²) >= 11 is 1.51. The third kappa shape index (κ3) is 4.94. The molecule has 0 spiro atoms. The van der Waals surface area contributed by atoms with Crippen molar-refractivity contribution >= 4 is 29.0 Å². The van der Waals surface area contributed by atoms with Gasteiger partial charge in [0.2, 0.25) is 5.91 Å². The lowest BCUT2D eigenvalue weighted by atomic mass is 10.2. The van der Waals surface area contributed by atoms with E-state index in [1.807, 2.05) is 13.8 Å². The van der Waals surface area contributed by atoms with E-state index in [2.05, 4.69) is 5.32 Å². The number of hydrogen-bond donors (Lipinski definition) is 3. The number of rotatable bonds is 7. The van der Waals surface area contributed by atoms with Crippen LogP contribution in [-0.2, 0) is 4.79 Å². The largest absolute Gasteiger partial charge is 0.497 e. The summed E-state index contributed by atoms with van der Waals surface area (Å²) in [7, 11) is 1.56. The summed E-state index contributed by atoms with van der Waals surface area (Å²) in [6, 6.07) is 5.14. The summed E-state index contributed by atoms with van der Waals surface area (Å²) in [5.74, 6) is 1.47. The van der Waals surface area contributed by atoms with Gasteiger partial charge in [-0.2, -0.15) is 0 Å². The standard InChI is InChI=1S/C14H22N2O3S/c1-9(7-17)8-20-10(2)14(18)16-13-5-4-11(19-3)6-12(13)15/h4-6,9-10,17H,7-8,15H2,1-3H3,(H,16,18). The summed E-state index contributed by atoms with van der Waals surface area (Å²) in [6.45, 7) is 3.91. The van der Waals surface area contributed by atoms with E-state index in [1.54, 1.807) is 25.3 Å². The Balaban J connectivity index is 2.57. The maximum Gasteiger partial charge on any atom is 0.237 e. The van der Waals surface area contributed by atoms with Crippen LogP contribution in [0.5, 0.6) is 5.75 Å². The second kappa shape index (κ2) is 8.01. The molecule has 112 valence electrons. The van der Waals surface area contributed by atoms with Gasteiger partial charge in [-0.1, -0.05) is 6.92 Å². The van der Waals surface area contributed by atoms with Crippen LogP contribution in [0.3, 0.4) is 0 Å². The average Bonchev–Trinajstić information content (AvgIpc) is 2.46. The number of carbonyl (C=O) groups is 1. The van der Waals surface area contributed by atoms with Crippen molar-refractivity contribution in [2.24, 2.45) is 5.92 Å². The summed E-state index contributed by atoms with van der Waals surface area (Å²) in [4.78, 5) is 12.0. The predicted octanol–water partition coefficient (Wildman–Crippen LogP) is 1.97. The Labute approximate surface area is 123 Å². The molecule has 0 aliphatic rings. The van der Waals surface area contributed by atoms with Crippen LogP contribution in [0.1, 0.15) is 13.8 Å². The number of amides is 1. The molecule has 1 rings (SSSR count). The number of nitrogens with two attached hydrogens (primary N) is 1. The van der Waals surface area contributed by atoms with E-state index in [4.69, 9.17) is 15.6 Å². The van der Waals surface area contributed by atoms with Crippen LogP contribution in [0.15, 0.2) is 18.2 Å². The first-order valence-electron chi connectivity index (χ1n) is 6.44. The zero-order valence-electron chi connectivity index (χ0n) is 12.1. The second-order valence-electron chi connectivity index (χ2n) is 4.71. The van der Waals surface area contributed by atoms with E-state index < -0.39 is 0 Å². The number of hydrogen-bond acceptors (Lipinski definition) is 5. The Morgan fingerprint density at radius 2 is 2.20 bits per heavy atom. The van der Waals surface area contributed by atoms with Crippen LogP contribution in [0.25, 0.3) is 0 Å². The van der Waals surface area contributed by atoms with E-state index in [9.17, 15) is 4.79 Å². The summed E-state index contributed by atoms with van der Waals surface area (Å²) in [5, 5.41) is 11.6. The SMILES string of the molecule is COc1ccc(NC(=O)C(C)SCC(C)CO)c(N)c1. The molecule has 0 bridgehead atoms. The molecule has 0 aliphatic heterocycles. The molecule has 20 heavy (non-hydrogen) atoms. The first-order chi connectivity index (χ1) is 9.47. The average molecular weight is 298 g/mol. The number of nitrogen functional groups attached to an aromatic ring is 1. The van der Waals surface area contributed by atoms with Crippen LogP contribution in [0, 0.1) is 5.92 Å². The Hall–Kier alpha value is -1.40.